The van der Waals surface area contributed by atoms with Crippen molar-refractivity contribution >= 4 is 9.04 Å². The Labute approximate surface area is 95.2 Å². The predicted molar refractivity (Wildman–Crippen MR) is 65.4 cm³/mol. The van der Waals surface area contributed by atoms with Crippen molar-refractivity contribution in [1.29, 1.82) is 0 Å². The molecule has 0 rings (SSSR count). The van der Waals surface area contributed by atoms with Gasteiger partial charge in [0.25, 0.3) is 0 Å². The van der Waals surface area contributed by atoms with Gasteiger partial charge < -0.3 is 20.2 Å². The second-order valence-corrected chi connectivity index (χ2v) is 6.02. The van der Waals surface area contributed by atoms with E-state index in [0.29, 0.717) is 6.61 Å². The molecule has 0 saturated heterocycles. The smallest absolute Gasteiger partial charge is 0.208 e. The van der Waals surface area contributed by atoms with Crippen molar-refractivity contribution in [2.45, 2.75) is 32.0 Å². The third-order valence-corrected chi connectivity index (χ3v) is 3.74. The second-order valence-electron chi connectivity index (χ2n) is 3.83. The molecular weight excluding hydrogens is 208 g/mol. The van der Waals surface area contributed by atoms with Crippen LogP contribution in [0.25, 0.3) is 0 Å². The lowest BCUT2D eigenvalue weighted by atomic mass is 10.3. The minimum atomic E-state index is -0.614. The number of nitrogens with two attached hydrogens (primary N) is 1. The maximum absolute atomic E-state index is 5.63. The highest BCUT2D eigenvalue weighted by molar-refractivity contribution is 6.50. The molecule has 0 heterocycles. The van der Waals surface area contributed by atoms with Crippen LogP contribution in [0.3, 0.4) is 0 Å². The van der Waals surface area contributed by atoms with Gasteiger partial charge in [-0.2, -0.15) is 0 Å². The Morgan fingerprint density at radius 1 is 1.40 bits per heavy atom. The first-order chi connectivity index (χ1) is 7.16. The van der Waals surface area contributed by atoms with E-state index in [1.165, 1.54) is 12.5 Å². The number of hydrogen-bond acceptors (Lipinski definition) is 4. The van der Waals surface area contributed by atoms with Crippen molar-refractivity contribution in [3.05, 3.63) is 0 Å². The SMILES string of the molecule is COCCO[Si](C)CCCNCC(C)N. The summed E-state index contributed by atoms with van der Waals surface area (Å²) in [5, 5.41) is 3.32. The Bertz CT molecular complexity index is 137. The molecule has 3 N–H and O–H groups in total. The minimum Gasteiger partial charge on any atom is -0.415 e. The Hall–Kier alpha value is 0.0569. The van der Waals surface area contributed by atoms with Crippen LogP contribution in [0, 0.1) is 0 Å². The zero-order valence-electron chi connectivity index (χ0n) is 10.2. The largest absolute Gasteiger partial charge is 0.415 e. The summed E-state index contributed by atoms with van der Waals surface area (Å²) in [6.07, 6.45) is 1.17. The quantitative estimate of drug-likeness (QED) is 0.428. The molecular formula is C10H25N2O2Si. The van der Waals surface area contributed by atoms with E-state index in [2.05, 4.69) is 11.9 Å². The van der Waals surface area contributed by atoms with Gasteiger partial charge in [-0.15, -0.1) is 0 Å². The third-order valence-electron chi connectivity index (χ3n) is 1.98. The second kappa shape index (κ2) is 10.6. The molecule has 0 aliphatic rings. The Balaban J connectivity index is 3.13. The maximum Gasteiger partial charge on any atom is 0.208 e. The summed E-state index contributed by atoms with van der Waals surface area (Å²) in [6.45, 7) is 7.58. The molecule has 0 fully saturated rings. The molecule has 91 valence electrons. The van der Waals surface area contributed by atoms with Crippen LogP contribution >= 0.6 is 0 Å². The van der Waals surface area contributed by atoms with Crippen molar-refractivity contribution in [3.8, 4) is 0 Å². The van der Waals surface area contributed by atoms with Gasteiger partial charge in [0.1, 0.15) is 0 Å². The average Bonchev–Trinajstić information content (AvgIpc) is 2.17. The van der Waals surface area contributed by atoms with Crippen LogP contribution in [0.5, 0.6) is 0 Å². The summed E-state index contributed by atoms with van der Waals surface area (Å²) in [5.41, 5.74) is 5.62. The van der Waals surface area contributed by atoms with Crippen molar-refractivity contribution in [1.82, 2.24) is 5.32 Å². The number of rotatable bonds is 10. The minimum absolute atomic E-state index is 0.245. The van der Waals surface area contributed by atoms with E-state index < -0.39 is 9.04 Å². The highest BCUT2D eigenvalue weighted by Gasteiger charge is 2.05. The highest BCUT2D eigenvalue weighted by atomic mass is 28.3. The topological polar surface area (TPSA) is 56.5 Å². The average molecular weight is 233 g/mol. The monoisotopic (exact) mass is 233 g/mol. The summed E-state index contributed by atoms with van der Waals surface area (Å²) in [5.74, 6) is 0. The summed E-state index contributed by atoms with van der Waals surface area (Å²) < 4.78 is 10.6. The Morgan fingerprint density at radius 2 is 2.13 bits per heavy atom. The molecule has 0 aliphatic carbocycles. The lowest BCUT2D eigenvalue weighted by Gasteiger charge is -2.11. The summed E-state index contributed by atoms with van der Waals surface area (Å²) in [7, 11) is 1.08. The van der Waals surface area contributed by atoms with Crippen molar-refractivity contribution < 1.29 is 9.16 Å². The summed E-state index contributed by atoms with van der Waals surface area (Å²) >= 11 is 0. The lowest BCUT2D eigenvalue weighted by molar-refractivity contribution is 0.146. The van der Waals surface area contributed by atoms with Crippen LogP contribution < -0.4 is 11.1 Å². The molecule has 4 nitrogen and oxygen atoms in total. The lowest BCUT2D eigenvalue weighted by Crippen LogP contribution is -2.32. The molecule has 0 amide bonds. The third kappa shape index (κ3) is 12.0. The van der Waals surface area contributed by atoms with E-state index >= 15 is 0 Å². The number of ether oxygens (including phenoxy) is 1. The zero-order chi connectivity index (χ0) is 11.5. The van der Waals surface area contributed by atoms with Gasteiger partial charge in [0.05, 0.1) is 13.2 Å². The van der Waals surface area contributed by atoms with Crippen LogP contribution in [0.4, 0.5) is 0 Å². The standard InChI is InChI=1S/C10H25N2O2Si/c1-10(11)9-12-5-4-8-15(3)14-7-6-13-2/h10,12H,4-9,11H2,1-3H3. The molecule has 0 aromatic heterocycles. The fourth-order valence-electron chi connectivity index (χ4n) is 1.16. The summed E-state index contributed by atoms with van der Waals surface area (Å²) in [6, 6.07) is 1.43. The number of nitrogens with one attached hydrogen (secondary N) is 1. The highest BCUT2D eigenvalue weighted by Crippen LogP contribution is 1.98. The van der Waals surface area contributed by atoms with Gasteiger partial charge >= 0.3 is 0 Å². The predicted octanol–water partition coefficient (Wildman–Crippen LogP) is 0.598. The van der Waals surface area contributed by atoms with Crippen molar-refractivity contribution in [3.63, 3.8) is 0 Å². The molecule has 0 bridgehead atoms. The van der Waals surface area contributed by atoms with E-state index in [1.807, 2.05) is 6.92 Å². The van der Waals surface area contributed by atoms with Crippen molar-refractivity contribution in [2.24, 2.45) is 5.73 Å². The van der Waals surface area contributed by atoms with E-state index in [1.54, 1.807) is 7.11 Å². The molecule has 1 atom stereocenters. The number of hydrogen-bond donors (Lipinski definition) is 2. The molecule has 0 aromatic rings. The van der Waals surface area contributed by atoms with Gasteiger partial charge in [0.15, 0.2) is 0 Å². The van der Waals surface area contributed by atoms with Gasteiger partial charge in [-0.25, -0.2) is 0 Å². The summed E-state index contributed by atoms with van der Waals surface area (Å²) in [4.78, 5) is 0. The van der Waals surface area contributed by atoms with E-state index in [4.69, 9.17) is 14.9 Å². The Morgan fingerprint density at radius 3 is 2.73 bits per heavy atom. The first kappa shape index (κ1) is 15.1. The fourth-order valence-corrected chi connectivity index (χ4v) is 2.41. The van der Waals surface area contributed by atoms with E-state index in [-0.39, 0.29) is 6.04 Å². The maximum atomic E-state index is 5.63. The van der Waals surface area contributed by atoms with Gasteiger partial charge in [-0.3, -0.25) is 0 Å². The molecule has 15 heavy (non-hydrogen) atoms. The molecule has 0 aliphatic heterocycles. The first-order valence-electron chi connectivity index (χ1n) is 5.57. The van der Waals surface area contributed by atoms with Crippen LogP contribution in [0.15, 0.2) is 0 Å². The van der Waals surface area contributed by atoms with Crippen molar-refractivity contribution in [2.75, 3.05) is 33.4 Å². The van der Waals surface area contributed by atoms with Gasteiger partial charge in [-0.1, -0.05) is 0 Å². The molecule has 1 radical (unpaired) electrons. The Kier molecular flexibility index (Phi) is 10.6. The van der Waals surface area contributed by atoms with Crippen LogP contribution in [0.1, 0.15) is 13.3 Å². The van der Waals surface area contributed by atoms with Crippen LogP contribution in [-0.4, -0.2) is 48.5 Å². The van der Waals surface area contributed by atoms with E-state index in [9.17, 15) is 0 Å². The van der Waals surface area contributed by atoms with Gasteiger partial charge in [0, 0.05) is 19.7 Å². The van der Waals surface area contributed by atoms with Gasteiger partial charge in [0.2, 0.25) is 9.04 Å². The fraction of sp³-hybridized carbons (Fsp3) is 1.00. The number of methoxy groups -OCH3 is 1. The molecule has 0 aromatic carbocycles. The normalized spacial score (nSPS) is 13.4. The molecule has 5 heteroatoms. The zero-order valence-corrected chi connectivity index (χ0v) is 11.2. The molecule has 1 unspecified atom stereocenters. The van der Waals surface area contributed by atoms with Crippen LogP contribution in [0.2, 0.25) is 12.6 Å². The van der Waals surface area contributed by atoms with Crippen LogP contribution in [-0.2, 0) is 9.16 Å². The molecule has 0 spiro atoms. The molecule has 0 saturated carbocycles. The first-order valence-corrected chi connectivity index (χ1v) is 7.68. The van der Waals surface area contributed by atoms with Gasteiger partial charge in [-0.05, 0) is 32.5 Å². The van der Waals surface area contributed by atoms with E-state index in [0.717, 1.165) is 19.7 Å².